The van der Waals surface area contributed by atoms with E-state index in [2.05, 4.69) is 54.1 Å². The van der Waals surface area contributed by atoms with E-state index in [1.165, 1.54) is 11.1 Å². The number of aromatic nitrogens is 1. The summed E-state index contributed by atoms with van der Waals surface area (Å²) in [6, 6.07) is 15.6. The zero-order valence-electron chi connectivity index (χ0n) is 18.0. The minimum absolute atomic E-state index is 0.153. The number of benzene rings is 2. The van der Waals surface area contributed by atoms with E-state index in [0.717, 1.165) is 22.6 Å². The molecule has 0 radical (unpaired) electrons. The molecule has 0 aliphatic carbocycles. The van der Waals surface area contributed by atoms with E-state index in [0.29, 0.717) is 11.5 Å². The molecule has 0 fully saturated rings. The molecule has 0 saturated carbocycles. The molecule has 6 heteroatoms. The molecule has 1 N–H and O–H groups in total. The first kappa shape index (κ1) is 21.2. The van der Waals surface area contributed by atoms with Crippen molar-refractivity contribution in [2.45, 2.75) is 27.7 Å². The van der Waals surface area contributed by atoms with E-state index >= 15 is 0 Å². The van der Waals surface area contributed by atoms with Gasteiger partial charge in [-0.3, -0.25) is 4.79 Å². The smallest absolute Gasteiger partial charge is 0.277 e. The number of hydrogen-bond acceptors (Lipinski definition) is 4. The Bertz CT molecular complexity index is 1080. The van der Waals surface area contributed by atoms with E-state index in [-0.39, 0.29) is 12.5 Å². The highest BCUT2D eigenvalue weighted by Crippen LogP contribution is 2.25. The third-order valence-corrected chi connectivity index (χ3v) is 5.04. The van der Waals surface area contributed by atoms with Gasteiger partial charge in [0.05, 0.1) is 13.3 Å². The maximum atomic E-state index is 12.1. The van der Waals surface area contributed by atoms with E-state index in [1.54, 1.807) is 25.5 Å². The monoisotopic (exact) mass is 405 g/mol. The molecular weight excluding hydrogens is 378 g/mol. The number of hydrazone groups is 1. The van der Waals surface area contributed by atoms with E-state index < -0.39 is 0 Å². The number of nitrogens with zero attached hydrogens (tertiary/aromatic N) is 2. The van der Waals surface area contributed by atoms with Crippen LogP contribution in [0, 0.1) is 27.7 Å². The maximum Gasteiger partial charge on any atom is 0.277 e. The Morgan fingerprint density at radius 1 is 1.03 bits per heavy atom. The number of aryl methyl sites for hydroxylation is 3. The molecule has 0 bridgehead atoms. The Balaban J connectivity index is 1.65. The lowest BCUT2D eigenvalue weighted by Crippen LogP contribution is -2.24. The van der Waals surface area contributed by atoms with Crippen LogP contribution in [0.4, 0.5) is 0 Å². The van der Waals surface area contributed by atoms with Gasteiger partial charge in [-0.2, -0.15) is 5.10 Å². The first-order chi connectivity index (χ1) is 14.4. The molecule has 0 aliphatic heterocycles. The SMILES string of the molecule is COc1ccccc1OCC(=O)N/N=C/c1cc(C)n(-c2ccc(C)c(C)c2)c1C. The fourth-order valence-electron chi connectivity index (χ4n) is 3.27. The molecular formula is C24H27N3O3. The number of nitrogens with one attached hydrogen (secondary N) is 1. The third kappa shape index (κ3) is 4.71. The number of ether oxygens (including phenoxy) is 2. The fourth-order valence-corrected chi connectivity index (χ4v) is 3.27. The number of carbonyl (C=O) groups excluding carboxylic acids is 1. The molecule has 3 aromatic rings. The summed E-state index contributed by atoms with van der Waals surface area (Å²) in [7, 11) is 1.56. The summed E-state index contributed by atoms with van der Waals surface area (Å²) in [5.41, 5.74) is 9.23. The Hall–Kier alpha value is -3.54. The lowest BCUT2D eigenvalue weighted by molar-refractivity contribution is -0.123. The zero-order valence-corrected chi connectivity index (χ0v) is 18.0. The molecule has 1 heterocycles. The van der Waals surface area contributed by atoms with Crippen LogP contribution in [0.2, 0.25) is 0 Å². The molecule has 6 nitrogen and oxygen atoms in total. The van der Waals surface area contributed by atoms with Crippen molar-refractivity contribution in [3.8, 4) is 17.2 Å². The van der Waals surface area contributed by atoms with Crippen molar-refractivity contribution < 1.29 is 14.3 Å². The second-order valence-corrected chi connectivity index (χ2v) is 7.16. The van der Waals surface area contributed by atoms with Crippen LogP contribution in [-0.4, -0.2) is 30.4 Å². The van der Waals surface area contributed by atoms with Crippen LogP contribution >= 0.6 is 0 Å². The van der Waals surface area contributed by atoms with E-state index in [9.17, 15) is 4.79 Å². The summed E-state index contributed by atoms with van der Waals surface area (Å²) in [6.07, 6.45) is 1.65. The molecule has 1 amide bonds. The minimum atomic E-state index is -0.347. The van der Waals surface area contributed by atoms with Gasteiger partial charge in [0.1, 0.15) is 0 Å². The van der Waals surface area contributed by atoms with E-state index in [4.69, 9.17) is 9.47 Å². The molecule has 156 valence electrons. The maximum absolute atomic E-state index is 12.1. The van der Waals surface area contributed by atoms with Gasteiger partial charge >= 0.3 is 0 Å². The predicted molar refractivity (Wildman–Crippen MR) is 119 cm³/mol. The minimum Gasteiger partial charge on any atom is -0.493 e. The molecule has 0 saturated heterocycles. The zero-order chi connectivity index (χ0) is 21.7. The van der Waals surface area contributed by atoms with Crippen molar-refractivity contribution in [1.82, 2.24) is 9.99 Å². The second kappa shape index (κ2) is 9.31. The van der Waals surface area contributed by atoms with Crippen LogP contribution in [0.1, 0.15) is 28.1 Å². The summed E-state index contributed by atoms with van der Waals surface area (Å²) in [4.78, 5) is 12.1. The average molecular weight is 405 g/mol. The lowest BCUT2D eigenvalue weighted by atomic mass is 10.1. The van der Waals surface area contributed by atoms with Gasteiger partial charge < -0.3 is 14.0 Å². The van der Waals surface area contributed by atoms with Gasteiger partial charge in [-0.15, -0.1) is 0 Å². The summed E-state index contributed by atoms with van der Waals surface area (Å²) in [6.45, 7) is 8.15. The van der Waals surface area contributed by atoms with Crippen LogP contribution in [0.3, 0.4) is 0 Å². The fraction of sp³-hybridized carbons (Fsp3) is 0.250. The van der Waals surface area contributed by atoms with Crippen LogP contribution < -0.4 is 14.9 Å². The number of amides is 1. The quantitative estimate of drug-likeness (QED) is 0.472. The van der Waals surface area contributed by atoms with Gasteiger partial charge in [-0.05, 0) is 69.2 Å². The van der Waals surface area contributed by atoms with Crippen molar-refractivity contribution in [2.24, 2.45) is 5.10 Å². The van der Waals surface area contributed by atoms with Crippen molar-refractivity contribution in [3.63, 3.8) is 0 Å². The highest BCUT2D eigenvalue weighted by molar-refractivity contribution is 5.84. The number of hydrogen-bond donors (Lipinski definition) is 1. The van der Waals surface area contributed by atoms with Gasteiger partial charge in [0.15, 0.2) is 18.1 Å². The van der Waals surface area contributed by atoms with Crippen LogP contribution in [-0.2, 0) is 4.79 Å². The predicted octanol–water partition coefficient (Wildman–Crippen LogP) is 4.25. The van der Waals surface area contributed by atoms with Crippen molar-refractivity contribution in [2.75, 3.05) is 13.7 Å². The summed E-state index contributed by atoms with van der Waals surface area (Å²) >= 11 is 0. The number of rotatable bonds is 7. The van der Waals surface area contributed by atoms with Gasteiger partial charge in [-0.1, -0.05) is 18.2 Å². The largest absolute Gasteiger partial charge is 0.493 e. The molecule has 1 aromatic heterocycles. The Morgan fingerprint density at radius 2 is 1.77 bits per heavy atom. The lowest BCUT2D eigenvalue weighted by Gasteiger charge is -2.11. The summed E-state index contributed by atoms with van der Waals surface area (Å²) < 4.78 is 12.9. The van der Waals surface area contributed by atoms with Gasteiger partial charge in [0.2, 0.25) is 0 Å². The Kier molecular flexibility index (Phi) is 6.57. The standard InChI is InChI=1S/C24H27N3O3/c1-16-10-11-21(12-17(16)2)27-18(3)13-20(19(27)4)14-25-26-24(28)15-30-23-9-7-6-8-22(23)29-5/h6-14H,15H2,1-5H3,(H,26,28)/b25-14+. The molecule has 2 aromatic carbocycles. The molecule has 0 aliphatic rings. The van der Waals surface area contributed by atoms with Gasteiger partial charge in [-0.25, -0.2) is 5.43 Å². The summed E-state index contributed by atoms with van der Waals surface area (Å²) in [5, 5.41) is 4.09. The molecule has 0 atom stereocenters. The number of para-hydroxylation sites is 2. The van der Waals surface area contributed by atoms with E-state index in [1.807, 2.05) is 25.1 Å². The van der Waals surface area contributed by atoms with Crippen LogP contribution in [0.5, 0.6) is 11.5 Å². The highest BCUT2D eigenvalue weighted by Gasteiger charge is 2.10. The van der Waals surface area contributed by atoms with Crippen LogP contribution in [0.15, 0.2) is 53.6 Å². The number of carbonyl (C=O) groups is 1. The van der Waals surface area contributed by atoms with Crippen LogP contribution in [0.25, 0.3) is 5.69 Å². The first-order valence-corrected chi connectivity index (χ1v) is 9.75. The Morgan fingerprint density at radius 3 is 2.47 bits per heavy atom. The topological polar surface area (TPSA) is 64.8 Å². The number of methoxy groups -OCH3 is 1. The van der Waals surface area contributed by atoms with Crippen molar-refractivity contribution in [3.05, 3.63) is 76.6 Å². The molecule has 0 spiro atoms. The Labute approximate surface area is 177 Å². The van der Waals surface area contributed by atoms with Gasteiger partial charge in [0.25, 0.3) is 5.91 Å². The molecule has 0 unspecified atom stereocenters. The van der Waals surface area contributed by atoms with Crippen molar-refractivity contribution >= 4 is 12.1 Å². The molecule has 3 rings (SSSR count). The van der Waals surface area contributed by atoms with Crippen molar-refractivity contribution in [1.29, 1.82) is 0 Å². The average Bonchev–Trinajstić information content (AvgIpc) is 3.02. The third-order valence-electron chi connectivity index (χ3n) is 5.04. The highest BCUT2D eigenvalue weighted by atomic mass is 16.5. The molecule has 30 heavy (non-hydrogen) atoms. The normalized spacial score (nSPS) is 11.0. The summed E-state index contributed by atoms with van der Waals surface area (Å²) in [5.74, 6) is 0.740. The second-order valence-electron chi connectivity index (χ2n) is 7.16. The van der Waals surface area contributed by atoms with Gasteiger partial charge in [0, 0.05) is 22.6 Å². The first-order valence-electron chi connectivity index (χ1n) is 9.75.